The summed E-state index contributed by atoms with van der Waals surface area (Å²) in [5, 5.41) is 3.13. The number of hydrogen-bond acceptors (Lipinski definition) is 4. The number of benzene rings is 2. The van der Waals surface area contributed by atoms with Crippen molar-refractivity contribution in [2.45, 2.75) is 57.0 Å². The summed E-state index contributed by atoms with van der Waals surface area (Å²) in [5.74, 6) is 2.01. The van der Waals surface area contributed by atoms with E-state index in [4.69, 9.17) is 4.74 Å². The molecule has 2 aliphatic rings. The van der Waals surface area contributed by atoms with E-state index in [1.54, 1.807) is 19.1 Å². The Kier molecular flexibility index (Phi) is 7.10. The topological polar surface area (TPSA) is 75.7 Å². The third-order valence-electron chi connectivity index (χ3n) is 7.39. The van der Waals surface area contributed by atoms with Gasteiger partial charge in [-0.15, -0.1) is 0 Å². The van der Waals surface area contributed by atoms with Gasteiger partial charge >= 0.3 is 0 Å². The van der Waals surface area contributed by atoms with Crippen molar-refractivity contribution in [3.05, 3.63) is 59.7 Å². The van der Waals surface area contributed by atoms with E-state index in [1.165, 1.54) is 43.2 Å². The molecule has 4 rings (SSSR count). The molecule has 2 fully saturated rings. The SMILES string of the molecule is CCN(Cc1ccccc1)S(=O)(=O)c1cc(C(=O)N[C@H](C)[C@@H]2C[C@H]3CC[C@H]2C3)ccc1OC. The molecular weight excluding hydrogens is 436 g/mol. The van der Waals surface area contributed by atoms with Crippen molar-refractivity contribution in [1.82, 2.24) is 9.62 Å². The van der Waals surface area contributed by atoms with Crippen LogP contribution < -0.4 is 10.1 Å². The van der Waals surface area contributed by atoms with Gasteiger partial charge < -0.3 is 10.1 Å². The van der Waals surface area contributed by atoms with Crippen LogP contribution in [0, 0.1) is 17.8 Å². The van der Waals surface area contributed by atoms with Crippen molar-refractivity contribution in [1.29, 1.82) is 0 Å². The highest BCUT2D eigenvalue weighted by atomic mass is 32.2. The van der Waals surface area contributed by atoms with E-state index < -0.39 is 10.0 Å². The summed E-state index contributed by atoms with van der Waals surface area (Å²) in [7, 11) is -2.43. The Balaban J connectivity index is 1.55. The average Bonchev–Trinajstić information content (AvgIpc) is 3.46. The average molecular weight is 471 g/mol. The van der Waals surface area contributed by atoms with E-state index in [0.29, 0.717) is 23.9 Å². The normalized spacial score (nSPS) is 23.0. The lowest BCUT2D eigenvalue weighted by Crippen LogP contribution is -2.40. The van der Waals surface area contributed by atoms with Crippen molar-refractivity contribution < 1.29 is 17.9 Å². The quantitative estimate of drug-likeness (QED) is 0.587. The number of ether oxygens (including phenoxy) is 1. The number of sulfonamides is 1. The molecule has 2 aromatic rings. The smallest absolute Gasteiger partial charge is 0.251 e. The van der Waals surface area contributed by atoms with Crippen LogP contribution in [-0.2, 0) is 16.6 Å². The Morgan fingerprint density at radius 3 is 2.52 bits per heavy atom. The first-order chi connectivity index (χ1) is 15.8. The van der Waals surface area contributed by atoms with E-state index in [-0.39, 0.29) is 29.1 Å². The molecule has 0 aliphatic heterocycles. The summed E-state index contributed by atoms with van der Waals surface area (Å²) < 4.78 is 33.9. The van der Waals surface area contributed by atoms with E-state index in [2.05, 4.69) is 12.2 Å². The third kappa shape index (κ3) is 4.94. The fraction of sp³-hybridized carbons (Fsp3) is 0.500. The molecule has 6 nitrogen and oxygen atoms in total. The van der Waals surface area contributed by atoms with Gasteiger partial charge in [-0.1, -0.05) is 43.7 Å². The van der Waals surface area contributed by atoms with Gasteiger partial charge in [0.05, 0.1) is 7.11 Å². The second kappa shape index (κ2) is 9.85. The van der Waals surface area contributed by atoms with E-state index in [0.717, 1.165) is 11.5 Å². The molecule has 178 valence electrons. The molecule has 2 aromatic carbocycles. The minimum absolute atomic E-state index is 0.0167. The van der Waals surface area contributed by atoms with Gasteiger partial charge in [0.1, 0.15) is 10.6 Å². The largest absolute Gasteiger partial charge is 0.495 e. The molecule has 2 aliphatic carbocycles. The molecule has 0 heterocycles. The molecule has 2 saturated carbocycles. The van der Waals surface area contributed by atoms with Crippen molar-refractivity contribution in [3.63, 3.8) is 0 Å². The number of carbonyl (C=O) groups is 1. The highest BCUT2D eigenvalue weighted by molar-refractivity contribution is 7.89. The minimum Gasteiger partial charge on any atom is -0.495 e. The second-order valence-corrected chi connectivity index (χ2v) is 11.3. The maximum atomic E-state index is 13.6. The fourth-order valence-electron chi connectivity index (χ4n) is 5.62. The zero-order valence-electron chi connectivity index (χ0n) is 19.7. The number of carbonyl (C=O) groups excluding carboxylic acids is 1. The van der Waals surface area contributed by atoms with Gasteiger partial charge in [-0.05, 0) is 67.7 Å². The Morgan fingerprint density at radius 1 is 1.15 bits per heavy atom. The molecule has 0 radical (unpaired) electrons. The molecular formula is C26H34N2O4S. The van der Waals surface area contributed by atoms with Crippen molar-refractivity contribution >= 4 is 15.9 Å². The molecule has 0 aromatic heterocycles. The first-order valence-corrected chi connectivity index (χ1v) is 13.3. The van der Waals surface area contributed by atoms with Gasteiger partial charge in [0.15, 0.2) is 0 Å². The van der Waals surface area contributed by atoms with Crippen molar-refractivity contribution in [3.8, 4) is 5.75 Å². The van der Waals surface area contributed by atoms with Gasteiger partial charge in [0.2, 0.25) is 10.0 Å². The maximum absolute atomic E-state index is 13.6. The summed E-state index contributed by atoms with van der Waals surface area (Å²) in [5.41, 5.74) is 1.23. The zero-order chi connectivity index (χ0) is 23.6. The van der Waals surface area contributed by atoms with Gasteiger partial charge in [0, 0.05) is 24.7 Å². The van der Waals surface area contributed by atoms with Crippen LogP contribution >= 0.6 is 0 Å². The molecule has 7 heteroatoms. The zero-order valence-corrected chi connectivity index (χ0v) is 20.5. The van der Waals surface area contributed by atoms with Crippen LogP contribution in [0.3, 0.4) is 0 Å². The number of rotatable bonds is 9. The minimum atomic E-state index is -3.87. The van der Waals surface area contributed by atoms with Gasteiger partial charge in [-0.25, -0.2) is 8.42 Å². The monoisotopic (exact) mass is 470 g/mol. The number of hydrogen-bond donors (Lipinski definition) is 1. The van der Waals surface area contributed by atoms with Crippen LogP contribution in [-0.4, -0.2) is 38.3 Å². The first-order valence-electron chi connectivity index (χ1n) is 11.9. The molecule has 4 atom stereocenters. The van der Waals surface area contributed by atoms with Crippen LogP contribution in [0.4, 0.5) is 0 Å². The Labute approximate surface area is 197 Å². The first kappa shape index (κ1) is 23.8. The van der Waals surface area contributed by atoms with E-state index in [9.17, 15) is 13.2 Å². The molecule has 0 saturated heterocycles. The molecule has 0 unspecified atom stereocenters. The summed E-state index contributed by atoms with van der Waals surface area (Å²) >= 11 is 0. The number of nitrogens with one attached hydrogen (secondary N) is 1. The maximum Gasteiger partial charge on any atom is 0.251 e. The standard InChI is InChI=1S/C26H34N2O4S/c1-4-28(17-19-8-6-5-7-9-19)33(30,31)25-16-22(12-13-24(25)32-3)26(29)27-18(2)23-15-20-10-11-21(23)14-20/h5-9,12-13,16,18,20-21,23H,4,10-11,14-15,17H2,1-3H3,(H,27,29)/t18-,20+,21+,23+/m1/s1. The molecule has 0 spiro atoms. The lowest BCUT2D eigenvalue weighted by molar-refractivity contribution is 0.0915. The highest BCUT2D eigenvalue weighted by Crippen LogP contribution is 2.49. The predicted octanol–water partition coefficient (Wildman–Crippen LogP) is 4.46. The third-order valence-corrected chi connectivity index (χ3v) is 9.33. The van der Waals surface area contributed by atoms with Crippen LogP contribution in [0.2, 0.25) is 0 Å². The van der Waals surface area contributed by atoms with Crippen molar-refractivity contribution in [2.24, 2.45) is 17.8 Å². The number of fused-ring (bicyclic) bond motifs is 2. The molecule has 1 N–H and O–H groups in total. The molecule has 33 heavy (non-hydrogen) atoms. The lowest BCUT2D eigenvalue weighted by Gasteiger charge is -2.28. The molecule has 2 bridgehead atoms. The summed E-state index contributed by atoms with van der Waals surface area (Å²) in [6.45, 7) is 4.43. The Morgan fingerprint density at radius 2 is 1.91 bits per heavy atom. The highest BCUT2D eigenvalue weighted by Gasteiger charge is 2.42. The van der Waals surface area contributed by atoms with Crippen LogP contribution in [0.5, 0.6) is 5.75 Å². The van der Waals surface area contributed by atoms with Crippen LogP contribution in [0.1, 0.15) is 55.5 Å². The Hall–Kier alpha value is -2.38. The van der Waals surface area contributed by atoms with Crippen molar-refractivity contribution in [2.75, 3.05) is 13.7 Å². The molecule has 1 amide bonds. The summed E-state index contributed by atoms with van der Waals surface area (Å²) in [6.07, 6.45) is 5.04. The number of nitrogens with zero attached hydrogens (tertiary/aromatic N) is 1. The number of amides is 1. The van der Waals surface area contributed by atoms with Gasteiger partial charge in [-0.3, -0.25) is 4.79 Å². The van der Waals surface area contributed by atoms with E-state index >= 15 is 0 Å². The van der Waals surface area contributed by atoms with Crippen LogP contribution in [0.15, 0.2) is 53.4 Å². The van der Waals surface area contributed by atoms with E-state index in [1.807, 2.05) is 30.3 Å². The van der Waals surface area contributed by atoms with Crippen LogP contribution in [0.25, 0.3) is 0 Å². The fourth-order valence-corrected chi connectivity index (χ4v) is 7.23. The predicted molar refractivity (Wildman–Crippen MR) is 129 cm³/mol. The van der Waals surface area contributed by atoms with Gasteiger partial charge in [-0.2, -0.15) is 4.31 Å². The lowest BCUT2D eigenvalue weighted by atomic mass is 9.84. The summed E-state index contributed by atoms with van der Waals surface area (Å²) in [6, 6.07) is 14.2. The second-order valence-electron chi connectivity index (χ2n) is 9.38. The summed E-state index contributed by atoms with van der Waals surface area (Å²) in [4.78, 5) is 13.1. The Bertz CT molecular complexity index is 1090. The van der Waals surface area contributed by atoms with Gasteiger partial charge in [0.25, 0.3) is 5.91 Å². The number of methoxy groups -OCH3 is 1.